The number of methoxy groups -OCH3 is 1. The van der Waals surface area contributed by atoms with Gasteiger partial charge in [0.25, 0.3) is 0 Å². The Morgan fingerprint density at radius 2 is 1.83 bits per heavy atom. The molecule has 2 aromatic carbocycles. The molecular weight excluding hydrogens is 384 g/mol. The van der Waals surface area contributed by atoms with Gasteiger partial charge in [-0.3, -0.25) is 9.59 Å². The standard InChI is InChI=1S/C21H24N6O3/c1-3-13-26(14-19(28)22-17-11-7-8-12-18(17)30-2)20(29)15-27-24-21(23-25-27)16-9-5-4-6-10-16/h4-12H,3,13-15H2,1-2H3,(H,22,28). The summed E-state index contributed by atoms with van der Waals surface area (Å²) in [5.41, 5.74) is 1.37. The second-order valence-electron chi connectivity index (χ2n) is 6.57. The first-order valence-electron chi connectivity index (χ1n) is 9.64. The molecule has 156 valence electrons. The van der Waals surface area contributed by atoms with Crippen molar-refractivity contribution in [1.29, 1.82) is 0 Å². The first-order chi connectivity index (χ1) is 14.6. The molecule has 0 unspecified atom stereocenters. The van der Waals surface area contributed by atoms with Crippen LogP contribution in [-0.2, 0) is 16.1 Å². The van der Waals surface area contributed by atoms with Crippen molar-refractivity contribution < 1.29 is 14.3 Å². The Balaban J connectivity index is 1.63. The van der Waals surface area contributed by atoms with Gasteiger partial charge < -0.3 is 15.0 Å². The molecule has 0 bridgehead atoms. The smallest absolute Gasteiger partial charge is 0.246 e. The average molecular weight is 408 g/mol. The minimum Gasteiger partial charge on any atom is -0.495 e. The van der Waals surface area contributed by atoms with Gasteiger partial charge in [-0.15, -0.1) is 10.2 Å². The summed E-state index contributed by atoms with van der Waals surface area (Å²) >= 11 is 0. The van der Waals surface area contributed by atoms with Gasteiger partial charge in [-0.1, -0.05) is 49.4 Å². The summed E-state index contributed by atoms with van der Waals surface area (Å²) in [4.78, 5) is 28.0. The van der Waals surface area contributed by atoms with Crippen molar-refractivity contribution in [1.82, 2.24) is 25.1 Å². The predicted octanol–water partition coefficient (Wildman–Crippen LogP) is 2.23. The van der Waals surface area contributed by atoms with Gasteiger partial charge in [0.2, 0.25) is 17.6 Å². The lowest BCUT2D eigenvalue weighted by Crippen LogP contribution is -2.40. The van der Waals surface area contributed by atoms with E-state index in [4.69, 9.17) is 4.74 Å². The largest absolute Gasteiger partial charge is 0.495 e. The highest BCUT2D eigenvalue weighted by Crippen LogP contribution is 2.22. The van der Waals surface area contributed by atoms with Crippen LogP contribution in [0.15, 0.2) is 54.6 Å². The van der Waals surface area contributed by atoms with Gasteiger partial charge in [-0.2, -0.15) is 4.80 Å². The fraction of sp³-hybridized carbons (Fsp3) is 0.286. The van der Waals surface area contributed by atoms with E-state index < -0.39 is 0 Å². The summed E-state index contributed by atoms with van der Waals surface area (Å²) in [6.07, 6.45) is 0.716. The Labute approximate surface area is 174 Å². The Morgan fingerprint density at radius 3 is 2.57 bits per heavy atom. The summed E-state index contributed by atoms with van der Waals surface area (Å²) in [7, 11) is 1.53. The molecule has 1 aromatic heterocycles. The van der Waals surface area contributed by atoms with Gasteiger partial charge in [0, 0.05) is 12.1 Å². The molecule has 0 aliphatic heterocycles. The number of anilines is 1. The molecule has 30 heavy (non-hydrogen) atoms. The number of nitrogens with zero attached hydrogens (tertiary/aromatic N) is 5. The van der Waals surface area contributed by atoms with Crippen LogP contribution in [0.4, 0.5) is 5.69 Å². The molecule has 0 fully saturated rings. The van der Waals surface area contributed by atoms with Crippen LogP contribution in [0.25, 0.3) is 11.4 Å². The summed E-state index contributed by atoms with van der Waals surface area (Å²) in [6.45, 7) is 2.21. The fourth-order valence-electron chi connectivity index (χ4n) is 2.91. The highest BCUT2D eigenvalue weighted by Gasteiger charge is 2.19. The van der Waals surface area contributed by atoms with Crippen molar-refractivity contribution in [3.8, 4) is 17.1 Å². The van der Waals surface area contributed by atoms with E-state index in [-0.39, 0.29) is 24.9 Å². The Bertz CT molecular complexity index is 989. The SMILES string of the molecule is CCCN(CC(=O)Nc1ccccc1OC)C(=O)Cn1nnc(-c2ccccc2)n1. The van der Waals surface area contributed by atoms with E-state index in [1.807, 2.05) is 43.3 Å². The topological polar surface area (TPSA) is 102 Å². The first kappa shape index (κ1) is 21.0. The molecular formula is C21H24N6O3. The molecule has 9 heteroatoms. The zero-order chi connectivity index (χ0) is 21.3. The zero-order valence-electron chi connectivity index (χ0n) is 17.0. The first-order valence-corrected chi connectivity index (χ1v) is 9.64. The third-order valence-corrected chi connectivity index (χ3v) is 4.32. The second kappa shape index (κ2) is 10.1. The number of aromatic nitrogens is 4. The maximum Gasteiger partial charge on any atom is 0.246 e. The average Bonchev–Trinajstić information content (AvgIpc) is 3.23. The number of amides is 2. The van der Waals surface area contributed by atoms with Crippen LogP contribution < -0.4 is 10.1 Å². The van der Waals surface area contributed by atoms with E-state index in [0.717, 1.165) is 5.56 Å². The van der Waals surface area contributed by atoms with Crippen LogP contribution in [0.3, 0.4) is 0 Å². The van der Waals surface area contributed by atoms with E-state index in [1.165, 1.54) is 16.8 Å². The fourth-order valence-corrected chi connectivity index (χ4v) is 2.91. The van der Waals surface area contributed by atoms with Gasteiger partial charge in [0.15, 0.2) is 0 Å². The van der Waals surface area contributed by atoms with Crippen LogP contribution in [0.5, 0.6) is 5.75 Å². The minimum atomic E-state index is -0.308. The van der Waals surface area contributed by atoms with E-state index in [0.29, 0.717) is 30.2 Å². The maximum absolute atomic E-state index is 12.8. The lowest BCUT2D eigenvalue weighted by atomic mass is 10.2. The number of carbonyl (C=O) groups is 2. The Hall–Kier alpha value is -3.75. The number of hydrogen-bond acceptors (Lipinski definition) is 6. The molecule has 0 saturated heterocycles. The lowest BCUT2D eigenvalue weighted by molar-refractivity contribution is -0.135. The van der Waals surface area contributed by atoms with Crippen molar-refractivity contribution in [3.63, 3.8) is 0 Å². The summed E-state index contributed by atoms with van der Waals surface area (Å²) < 4.78 is 5.24. The van der Waals surface area contributed by atoms with E-state index in [9.17, 15) is 9.59 Å². The number of para-hydroxylation sites is 2. The maximum atomic E-state index is 12.8. The molecule has 0 atom stereocenters. The number of benzene rings is 2. The molecule has 2 amide bonds. The number of rotatable bonds is 9. The second-order valence-corrected chi connectivity index (χ2v) is 6.57. The molecule has 0 saturated carbocycles. The predicted molar refractivity (Wildman–Crippen MR) is 112 cm³/mol. The van der Waals surface area contributed by atoms with E-state index >= 15 is 0 Å². The van der Waals surface area contributed by atoms with E-state index in [1.54, 1.807) is 18.2 Å². The summed E-state index contributed by atoms with van der Waals surface area (Å²) in [6, 6.07) is 16.5. The van der Waals surface area contributed by atoms with Crippen LogP contribution >= 0.6 is 0 Å². The van der Waals surface area contributed by atoms with Gasteiger partial charge in [0.05, 0.1) is 19.3 Å². The highest BCUT2D eigenvalue weighted by molar-refractivity contribution is 5.95. The number of hydrogen-bond donors (Lipinski definition) is 1. The quantitative estimate of drug-likeness (QED) is 0.582. The van der Waals surface area contributed by atoms with Gasteiger partial charge in [0.1, 0.15) is 12.3 Å². The molecule has 9 nitrogen and oxygen atoms in total. The van der Waals surface area contributed by atoms with Crippen LogP contribution in [-0.4, -0.2) is 57.1 Å². The molecule has 3 rings (SSSR count). The van der Waals surface area contributed by atoms with Crippen LogP contribution in [0.1, 0.15) is 13.3 Å². The monoisotopic (exact) mass is 408 g/mol. The number of carbonyl (C=O) groups excluding carboxylic acids is 2. The van der Waals surface area contributed by atoms with Gasteiger partial charge >= 0.3 is 0 Å². The van der Waals surface area contributed by atoms with Crippen LogP contribution in [0.2, 0.25) is 0 Å². The zero-order valence-corrected chi connectivity index (χ0v) is 17.0. The van der Waals surface area contributed by atoms with Crippen molar-refractivity contribution in [2.45, 2.75) is 19.9 Å². The van der Waals surface area contributed by atoms with E-state index in [2.05, 4.69) is 20.7 Å². The number of nitrogens with one attached hydrogen (secondary N) is 1. The van der Waals surface area contributed by atoms with Crippen molar-refractivity contribution >= 4 is 17.5 Å². The van der Waals surface area contributed by atoms with Crippen molar-refractivity contribution in [3.05, 3.63) is 54.6 Å². The minimum absolute atomic E-state index is 0.0784. The van der Waals surface area contributed by atoms with Crippen molar-refractivity contribution in [2.75, 3.05) is 25.5 Å². The number of ether oxygens (including phenoxy) is 1. The molecule has 0 aliphatic carbocycles. The Morgan fingerprint density at radius 1 is 1.10 bits per heavy atom. The third kappa shape index (κ3) is 5.40. The normalized spacial score (nSPS) is 10.5. The molecule has 0 radical (unpaired) electrons. The molecule has 0 spiro atoms. The molecule has 0 aliphatic rings. The Kier molecular flexibility index (Phi) is 7.09. The van der Waals surface area contributed by atoms with Gasteiger partial charge in [-0.05, 0) is 23.8 Å². The number of tetrazole rings is 1. The molecule has 3 aromatic rings. The highest BCUT2D eigenvalue weighted by atomic mass is 16.5. The van der Waals surface area contributed by atoms with Gasteiger partial charge in [-0.25, -0.2) is 0 Å². The summed E-state index contributed by atoms with van der Waals surface area (Å²) in [5, 5.41) is 15.0. The summed E-state index contributed by atoms with van der Waals surface area (Å²) in [5.74, 6) is 0.431. The molecule has 1 heterocycles. The third-order valence-electron chi connectivity index (χ3n) is 4.32. The lowest BCUT2D eigenvalue weighted by Gasteiger charge is -2.21. The van der Waals surface area contributed by atoms with Crippen LogP contribution in [0, 0.1) is 0 Å². The molecule has 1 N–H and O–H groups in total. The van der Waals surface area contributed by atoms with Crippen molar-refractivity contribution in [2.24, 2.45) is 0 Å².